The van der Waals surface area contributed by atoms with Gasteiger partial charge in [-0.3, -0.25) is 4.57 Å². The Labute approximate surface area is 366 Å². The first kappa shape index (κ1) is 39.3. The molecule has 308 valence electrons. The van der Waals surface area contributed by atoms with E-state index in [1.807, 2.05) is 6.20 Å². The summed E-state index contributed by atoms with van der Waals surface area (Å²) in [4.78, 5) is 9.82. The Morgan fingerprint density at radius 3 is 2.03 bits per heavy atom. The second-order valence-corrected chi connectivity index (χ2v) is 18.4. The van der Waals surface area contributed by atoms with Gasteiger partial charge < -0.3 is 14.5 Å². The van der Waals surface area contributed by atoms with E-state index < -0.39 is 0 Å². The summed E-state index contributed by atoms with van der Waals surface area (Å²) < 4.78 is 9.37. The van der Waals surface area contributed by atoms with Crippen molar-refractivity contribution in [2.24, 2.45) is 11.8 Å². The fourth-order valence-corrected chi connectivity index (χ4v) is 10.1. The van der Waals surface area contributed by atoms with Crippen LogP contribution in [0.15, 0.2) is 182 Å². The van der Waals surface area contributed by atoms with Gasteiger partial charge in [-0.25, -0.2) is 4.98 Å². The molecule has 2 aromatic heterocycles. The van der Waals surface area contributed by atoms with Crippen molar-refractivity contribution in [3.8, 4) is 50.7 Å². The van der Waals surface area contributed by atoms with Crippen molar-refractivity contribution in [3.05, 3.63) is 187 Å². The van der Waals surface area contributed by atoms with Crippen LogP contribution < -0.4 is 9.64 Å². The summed E-state index contributed by atoms with van der Waals surface area (Å²) in [7, 11) is 0. The van der Waals surface area contributed by atoms with Gasteiger partial charge in [0.15, 0.2) is 0 Å². The van der Waals surface area contributed by atoms with Gasteiger partial charge in [-0.05, 0) is 112 Å². The zero-order valence-electron chi connectivity index (χ0n) is 36.6. The van der Waals surface area contributed by atoms with Gasteiger partial charge in [0, 0.05) is 47.2 Å². The topological polar surface area (TPSA) is 33.5 Å². The van der Waals surface area contributed by atoms with E-state index in [0.29, 0.717) is 17.9 Å². The minimum atomic E-state index is -0.0166. The highest BCUT2D eigenvalue weighted by Crippen LogP contribution is 2.45. The quantitative estimate of drug-likeness (QED) is 0.143. The number of para-hydroxylation sites is 1. The number of ether oxygens (including phenoxy) is 1. The highest BCUT2D eigenvalue weighted by atomic mass is 16.5. The molecular formula is C57H54N4O. The predicted octanol–water partition coefficient (Wildman–Crippen LogP) is 14.8. The molecule has 62 heavy (non-hydrogen) atoms. The lowest BCUT2D eigenvalue weighted by molar-refractivity contribution is 0.224. The van der Waals surface area contributed by atoms with E-state index in [-0.39, 0.29) is 5.41 Å². The van der Waals surface area contributed by atoms with E-state index in [9.17, 15) is 0 Å². The summed E-state index contributed by atoms with van der Waals surface area (Å²) in [6.07, 6.45) is 10.1. The first-order valence-corrected chi connectivity index (χ1v) is 22.1. The summed E-state index contributed by atoms with van der Waals surface area (Å²) in [6.45, 7) is 14.5. The SMILES string of the molecule is CC1=CC(C)CC(C)C1N1C=CN(c2cc(Oc3ccc4c5ccccc5n(-c5cc(C(C)(C)C)ccn5)c4c3)cc(-c3c(-c4ccccc4)cccc3-c3ccccc3)c2)C1. The van der Waals surface area contributed by atoms with Crippen molar-refractivity contribution in [1.82, 2.24) is 14.5 Å². The number of benzene rings is 6. The molecule has 6 aromatic carbocycles. The predicted molar refractivity (Wildman–Crippen MR) is 259 cm³/mol. The first-order chi connectivity index (χ1) is 30.1. The third kappa shape index (κ3) is 7.36. The van der Waals surface area contributed by atoms with Gasteiger partial charge in [0.1, 0.15) is 17.3 Å². The lowest BCUT2D eigenvalue weighted by atomic mass is 9.80. The van der Waals surface area contributed by atoms with Crippen LogP contribution in [0.2, 0.25) is 0 Å². The van der Waals surface area contributed by atoms with E-state index >= 15 is 0 Å². The van der Waals surface area contributed by atoms with Crippen molar-refractivity contribution >= 4 is 27.5 Å². The fourth-order valence-electron chi connectivity index (χ4n) is 10.1. The molecule has 0 saturated carbocycles. The summed E-state index contributed by atoms with van der Waals surface area (Å²) >= 11 is 0. The van der Waals surface area contributed by atoms with Gasteiger partial charge in [0.25, 0.3) is 0 Å². The van der Waals surface area contributed by atoms with Crippen LogP contribution in [0.4, 0.5) is 5.69 Å². The summed E-state index contributed by atoms with van der Waals surface area (Å²) in [5.41, 5.74) is 12.9. The maximum atomic E-state index is 7.09. The van der Waals surface area contributed by atoms with Crippen LogP contribution in [0.3, 0.4) is 0 Å². The maximum absolute atomic E-state index is 7.09. The average molecular weight is 811 g/mol. The molecule has 3 atom stereocenters. The number of hydrogen-bond acceptors (Lipinski definition) is 4. The van der Waals surface area contributed by atoms with E-state index in [1.54, 1.807) is 0 Å². The minimum absolute atomic E-state index is 0.0166. The Morgan fingerprint density at radius 1 is 0.629 bits per heavy atom. The first-order valence-electron chi connectivity index (χ1n) is 22.1. The summed E-state index contributed by atoms with van der Waals surface area (Å²) in [5.74, 6) is 3.60. The highest BCUT2D eigenvalue weighted by molar-refractivity contribution is 6.09. The number of rotatable bonds is 8. The van der Waals surface area contributed by atoms with Crippen LogP contribution in [-0.2, 0) is 5.41 Å². The van der Waals surface area contributed by atoms with Crippen LogP contribution in [0, 0.1) is 11.8 Å². The van der Waals surface area contributed by atoms with Crippen LogP contribution in [-0.4, -0.2) is 27.2 Å². The largest absolute Gasteiger partial charge is 0.457 e. The van der Waals surface area contributed by atoms with E-state index in [0.717, 1.165) is 51.7 Å². The second-order valence-electron chi connectivity index (χ2n) is 18.4. The molecule has 5 nitrogen and oxygen atoms in total. The molecule has 3 heterocycles. The molecule has 3 unspecified atom stereocenters. The molecule has 2 aliphatic rings. The monoisotopic (exact) mass is 810 g/mol. The van der Waals surface area contributed by atoms with Crippen molar-refractivity contribution in [1.29, 1.82) is 0 Å². The van der Waals surface area contributed by atoms with Gasteiger partial charge in [-0.1, -0.05) is 143 Å². The standard InChI is InChI=1S/C57H54N4O/c1-38-30-39(2)56(40(3)31-38)60-29-28-59(37-60)45-32-43(55-48(41-16-9-7-10-17-41)21-15-22-49(55)42-18-11-8-12-19-42)33-47(35-45)62-46-24-25-51-50-20-13-14-23-52(50)61(53(51)36-46)54-34-44(26-27-58-54)57(4,5)6/h7-30,32-36,38,40,56H,31,37H2,1-6H3. The molecule has 8 aromatic rings. The number of allylic oxidation sites excluding steroid dienone is 1. The third-order valence-corrected chi connectivity index (χ3v) is 12.9. The zero-order valence-corrected chi connectivity index (χ0v) is 36.6. The van der Waals surface area contributed by atoms with Crippen molar-refractivity contribution in [2.75, 3.05) is 11.6 Å². The van der Waals surface area contributed by atoms with Crippen LogP contribution >= 0.6 is 0 Å². The smallest absolute Gasteiger partial charge is 0.137 e. The number of fused-ring (bicyclic) bond motifs is 3. The normalized spacial score (nSPS) is 17.8. The maximum Gasteiger partial charge on any atom is 0.137 e. The van der Waals surface area contributed by atoms with E-state index in [4.69, 9.17) is 9.72 Å². The van der Waals surface area contributed by atoms with Crippen LogP contribution in [0.1, 0.15) is 53.5 Å². The molecule has 0 amide bonds. The van der Waals surface area contributed by atoms with Gasteiger partial charge in [0.05, 0.1) is 23.7 Å². The molecule has 0 spiro atoms. The molecule has 0 saturated heterocycles. The van der Waals surface area contributed by atoms with E-state index in [2.05, 4.69) is 226 Å². The molecule has 1 aliphatic carbocycles. The number of aromatic nitrogens is 2. The highest BCUT2D eigenvalue weighted by Gasteiger charge is 2.32. The molecular weight excluding hydrogens is 757 g/mol. The Morgan fingerprint density at radius 2 is 1.32 bits per heavy atom. The molecule has 0 bridgehead atoms. The molecule has 0 fully saturated rings. The van der Waals surface area contributed by atoms with Crippen molar-refractivity contribution in [3.63, 3.8) is 0 Å². The third-order valence-electron chi connectivity index (χ3n) is 12.9. The Balaban J connectivity index is 1.13. The summed E-state index contributed by atoms with van der Waals surface area (Å²) in [5, 5.41) is 2.34. The molecule has 5 heteroatoms. The summed E-state index contributed by atoms with van der Waals surface area (Å²) in [6, 6.07) is 54.7. The number of hydrogen-bond donors (Lipinski definition) is 0. The Bertz CT molecular complexity index is 2930. The van der Waals surface area contributed by atoms with Crippen LogP contribution in [0.25, 0.3) is 61.0 Å². The average Bonchev–Trinajstić information content (AvgIpc) is 3.89. The van der Waals surface area contributed by atoms with Gasteiger partial charge in [-0.15, -0.1) is 0 Å². The Hall–Kier alpha value is -6.85. The molecule has 1 aliphatic heterocycles. The van der Waals surface area contributed by atoms with Gasteiger partial charge in [-0.2, -0.15) is 0 Å². The van der Waals surface area contributed by atoms with Gasteiger partial charge in [0.2, 0.25) is 0 Å². The lowest BCUT2D eigenvalue weighted by Crippen LogP contribution is -2.41. The number of pyridine rings is 1. The van der Waals surface area contributed by atoms with Gasteiger partial charge >= 0.3 is 0 Å². The number of anilines is 1. The zero-order chi connectivity index (χ0) is 42.5. The van der Waals surface area contributed by atoms with Crippen molar-refractivity contribution < 1.29 is 4.74 Å². The molecule has 0 radical (unpaired) electrons. The fraction of sp³-hybridized carbons (Fsp3) is 0.211. The van der Waals surface area contributed by atoms with Crippen molar-refractivity contribution in [2.45, 2.75) is 59.4 Å². The second kappa shape index (κ2) is 15.9. The lowest BCUT2D eigenvalue weighted by Gasteiger charge is -2.38. The minimum Gasteiger partial charge on any atom is -0.457 e. The Kier molecular flexibility index (Phi) is 10.1. The van der Waals surface area contributed by atoms with E-state index in [1.165, 1.54) is 50.8 Å². The molecule has 10 rings (SSSR count). The molecule has 0 N–H and O–H groups in total. The van der Waals surface area contributed by atoms with Crippen LogP contribution in [0.5, 0.6) is 11.5 Å². The number of nitrogens with zero attached hydrogens (tertiary/aromatic N) is 4.